The van der Waals surface area contributed by atoms with Crippen molar-refractivity contribution in [1.82, 2.24) is 4.90 Å². The molecule has 0 atom stereocenters. The van der Waals surface area contributed by atoms with Crippen molar-refractivity contribution in [1.29, 1.82) is 0 Å². The highest BCUT2D eigenvalue weighted by Gasteiger charge is 2.38. The predicted octanol–water partition coefficient (Wildman–Crippen LogP) is 3.59. The number of hydrogen-bond acceptors (Lipinski definition) is 2. The van der Waals surface area contributed by atoms with Crippen molar-refractivity contribution in [2.24, 2.45) is 5.41 Å². The third-order valence-electron chi connectivity index (χ3n) is 3.58. The van der Waals surface area contributed by atoms with Crippen LogP contribution in [0.5, 0.6) is 0 Å². The molecule has 0 heterocycles. The van der Waals surface area contributed by atoms with Crippen molar-refractivity contribution in [3.8, 4) is 0 Å². The monoisotopic (exact) mass is 354 g/mol. The van der Waals surface area contributed by atoms with E-state index in [2.05, 4.69) is 21.2 Å². The zero-order valence-corrected chi connectivity index (χ0v) is 14.9. The molecule has 4 nitrogen and oxygen atoms in total. The van der Waals surface area contributed by atoms with Gasteiger partial charge in [-0.15, -0.1) is 0 Å². The van der Waals surface area contributed by atoms with Gasteiger partial charge >= 0.3 is 0 Å². The second-order valence-electron chi connectivity index (χ2n) is 5.52. The molecule has 0 aliphatic carbocycles. The average molecular weight is 355 g/mol. The smallest absolute Gasteiger partial charge is 0.239 e. The third kappa shape index (κ3) is 4.06. The summed E-state index contributed by atoms with van der Waals surface area (Å²) in [6.07, 6.45) is 0. The molecule has 21 heavy (non-hydrogen) atoms. The van der Waals surface area contributed by atoms with Gasteiger partial charge in [0.05, 0.1) is 0 Å². The fraction of sp³-hybridized carbons (Fsp3) is 0.500. The first kappa shape index (κ1) is 17.7. The molecule has 0 spiro atoms. The van der Waals surface area contributed by atoms with E-state index in [1.807, 2.05) is 39.0 Å². The Hall–Kier alpha value is -1.36. The topological polar surface area (TPSA) is 49.4 Å². The summed E-state index contributed by atoms with van der Waals surface area (Å²) in [6.45, 7) is 10.3. The van der Waals surface area contributed by atoms with Gasteiger partial charge in [0.25, 0.3) is 0 Å². The number of nitrogens with zero attached hydrogens (tertiary/aromatic N) is 1. The van der Waals surface area contributed by atoms with Crippen LogP contribution in [0.1, 0.15) is 33.3 Å². The van der Waals surface area contributed by atoms with E-state index in [0.717, 1.165) is 10.0 Å². The van der Waals surface area contributed by atoms with Crippen LogP contribution in [0, 0.1) is 12.3 Å². The maximum absolute atomic E-state index is 12.4. The number of nitrogens with one attached hydrogen (secondary N) is 1. The van der Waals surface area contributed by atoms with Gasteiger partial charge < -0.3 is 10.2 Å². The lowest BCUT2D eigenvalue weighted by Crippen LogP contribution is -2.47. The summed E-state index contributed by atoms with van der Waals surface area (Å²) in [5.41, 5.74) is 0.674. The Bertz CT molecular complexity index is 537. The van der Waals surface area contributed by atoms with Gasteiger partial charge in [0.15, 0.2) is 0 Å². The minimum atomic E-state index is -1.09. The molecular formula is C16H23BrN2O2. The van der Waals surface area contributed by atoms with E-state index in [1.54, 1.807) is 18.7 Å². The summed E-state index contributed by atoms with van der Waals surface area (Å²) >= 11 is 3.43. The Kier molecular flexibility index (Phi) is 5.96. The number of aryl methyl sites for hydroxylation is 1. The minimum absolute atomic E-state index is 0.156. The van der Waals surface area contributed by atoms with Gasteiger partial charge in [-0.1, -0.05) is 22.0 Å². The summed E-state index contributed by atoms with van der Waals surface area (Å²) in [4.78, 5) is 26.5. The van der Waals surface area contributed by atoms with Gasteiger partial charge in [-0.3, -0.25) is 9.59 Å². The normalized spacial score (nSPS) is 11.1. The molecule has 0 radical (unpaired) electrons. The molecule has 5 heteroatoms. The van der Waals surface area contributed by atoms with Crippen molar-refractivity contribution in [3.05, 3.63) is 28.2 Å². The SMILES string of the molecule is CCN(CC)C(=O)C(C)(C)C(=O)Nc1ccc(C)c(Br)c1. The van der Waals surface area contributed by atoms with Crippen LogP contribution in [0.4, 0.5) is 5.69 Å². The first-order valence-electron chi connectivity index (χ1n) is 7.11. The first-order valence-corrected chi connectivity index (χ1v) is 7.90. The third-order valence-corrected chi connectivity index (χ3v) is 4.44. The summed E-state index contributed by atoms with van der Waals surface area (Å²) < 4.78 is 0.924. The van der Waals surface area contributed by atoms with Crippen molar-refractivity contribution in [2.45, 2.75) is 34.6 Å². The van der Waals surface area contributed by atoms with E-state index in [4.69, 9.17) is 0 Å². The number of anilines is 1. The summed E-state index contributed by atoms with van der Waals surface area (Å²) in [5, 5.41) is 2.82. The standard InChI is InChI=1S/C16H23BrN2O2/c1-6-19(7-2)15(21)16(4,5)14(20)18-12-9-8-11(3)13(17)10-12/h8-10H,6-7H2,1-5H3,(H,18,20). The second kappa shape index (κ2) is 7.07. The molecule has 0 aliphatic rings. The maximum atomic E-state index is 12.4. The van der Waals surface area contributed by atoms with Gasteiger partial charge in [0.1, 0.15) is 5.41 Å². The molecule has 1 rings (SSSR count). The van der Waals surface area contributed by atoms with Gasteiger partial charge in [0.2, 0.25) is 11.8 Å². The number of rotatable bonds is 5. The lowest BCUT2D eigenvalue weighted by molar-refractivity contribution is -0.146. The lowest BCUT2D eigenvalue weighted by Gasteiger charge is -2.29. The Labute approximate surface area is 135 Å². The van der Waals surface area contributed by atoms with Crippen molar-refractivity contribution in [2.75, 3.05) is 18.4 Å². The van der Waals surface area contributed by atoms with Gasteiger partial charge in [-0.25, -0.2) is 0 Å². The Morgan fingerprint density at radius 3 is 2.29 bits per heavy atom. The molecule has 116 valence electrons. The highest BCUT2D eigenvalue weighted by atomic mass is 79.9. The predicted molar refractivity (Wildman–Crippen MR) is 89.2 cm³/mol. The molecule has 1 aromatic rings. The van der Waals surface area contributed by atoms with E-state index in [9.17, 15) is 9.59 Å². The quantitative estimate of drug-likeness (QED) is 0.821. The molecule has 0 unspecified atom stereocenters. The molecule has 0 saturated carbocycles. The van der Waals surface area contributed by atoms with Crippen LogP contribution < -0.4 is 5.32 Å². The number of hydrogen-bond donors (Lipinski definition) is 1. The van der Waals surface area contributed by atoms with Gasteiger partial charge in [0, 0.05) is 23.2 Å². The number of halogens is 1. The van der Waals surface area contributed by atoms with Gasteiger partial charge in [-0.05, 0) is 52.3 Å². The van der Waals surface area contributed by atoms with Crippen molar-refractivity contribution < 1.29 is 9.59 Å². The Morgan fingerprint density at radius 1 is 1.24 bits per heavy atom. The number of benzene rings is 1. The summed E-state index contributed by atoms with van der Waals surface area (Å²) in [6, 6.07) is 5.58. The fourth-order valence-corrected chi connectivity index (χ4v) is 2.34. The molecule has 0 saturated heterocycles. The molecule has 0 aromatic heterocycles. The van der Waals surface area contributed by atoms with Gasteiger partial charge in [-0.2, -0.15) is 0 Å². The van der Waals surface area contributed by atoms with Crippen LogP contribution in [0.15, 0.2) is 22.7 Å². The maximum Gasteiger partial charge on any atom is 0.239 e. The van der Waals surface area contributed by atoms with Crippen LogP contribution >= 0.6 is 15.9 Å². The molecule has 1 aromatic carbocycles. The molecule has 2 amide bonds. The molecule has 0 fully saturated rings. The zero-order valence-electron chi connectivity index (χ0n) is 13.3. The summed E-state index contributed by atoms with van der Waals surface area (Å²) in [7, 11) is 0. The number of amides is 2. The Balaban J connectivity index is 2.90. The van der Waals surface area contributed by atoms with E-state index >= 15 is 0 Å². The molecule has 1 N–H and O–H groups in total. The fourth-order valence-electron chi connectivity index (χ4n) is 1.96. The molecule has 0 aliphatic heterocycles. The lowest BCUT2D eigenvalue weighted by atomic mass is 9.90. The van der Waals surface area contributed by atoms with E-state index in [-0.39, 0.29) is 11.8 Å². The second-order valence-corrected chi connectivity index (χ2v) is 6.37. The van der Waals surface area contributed by atoms with Crippen molar-refractivity contribution >= 4 is 33.4 Å². The minimum Gasteiger partial charge on any atom is -0.342 e. The van der Waals surface area contributed by atoms with E-state index < -0.39 is 5.41 Å². The van der Waals surface area contributed by atoms with Crippen molar-refractivity contribution in [3.63, 3.8) is 0 Å². The molecule has 0 bridgehead atoms. The first-order chi connectivity index (χ1) is 9.73. The Morgan fingerprint density at radius 2 is 1.81 bits per heavy atom. The van der Waals surface area contributed by atoms with E-state index in [1.165, 1.54) is 0 Å². The number of carbonyl (C=O) groups is 2. The average Bonchev–Trinajstić information content (AvgIpc) is 2.44. The largest absolute Gasteiger partial charge is 0.342 e. The van der Waals surface area contributed by atoms with Crippen LogP contribution in [0.3, 0.4) is 0 Å². The van der Waals surface area contributed by atoms with Crippen LogP contribution in [0.25, 0.3) is 0 Å². The zero-order chi connectivity index (χ0) is 16.2. The highest BCUT2D eigenvalue weighted by molar-refractivity contribution is 9.10. The number of carbonyl (C=O) groups excluding carboxylic acids is 2. The summed E-state index contributed by atoms with van der Waals surface area (Å²) in [5.74, 6) is -0.452. The van der Waals surface area contributed by atoms with E-state index in [0.29, 0.717) is 18.8 Å². The molecular weight excluding hydrogens is 332 g/mol. The van der Waals surface area contributed by atoms with Crippen LogP contribution in [-0.4, -0.2) is 29.8 Å². The van der Waals surface area contributed by atoms with Crippen LogP contribution in [0.2, 0.25) is 0 Å². The highest BCUT2D eigenvalue weighted by Crippen LogP contribution is 2.25. The van der Waals surface area contributed by atoms with Crippen LogP contribution in [-0.2, 0) is 9.59 Å².